The molecule has 200 valence electrons. The molecule has 0 aliphatic rings. The molecule has 0 aliphatic heterocycles. The highest BCUT2D eigenvalue weighted by atomic mass is 16.6. The number of carbonyl (C=O) groups is 3. The Hall–Kier alpha value is -2.81. The zero-order chi connectivity index (χ0) is 22.2. The summed E-state index contributed by atoms with van der Waals surface area (Å²) in [5.74, 6) is 0. The van der Waals surface area contributed by atoms with Crippen molar-refractivity contribution in [1.82, 2.24) is 16.0 Å². The van der Waals surface area contributed by atoms with Crippen LogP contribution in [0.4, 0.5) is 14.4 Å². The second-order valence-electron chi connectivity index (χ2n) is 5.58. The van der Waals surface area contributed by atoms with Crippen molar-refractivity contribution in [2.24, 2.45) is 4.99 Å². The van der Waals surface area contributed by atoms with Gasteiger partial charge in [0.15, 0.2) is 0 Å². The maximum absolute atomic E-state index is 11.0. The van der Waals surface area contributed by atoms with Gasteiger partial charge in [-0.2, -0.15) is 4.99 Å². The molecule has 0 saturated heterocycles. The molecule has 0 bridgehead atoms. The second kappa shape index (κ2) is 36.6. The van der Waals surface area contributed by atoms with Crippen molar-refractivity contribution in [2.45, 2.75) is 89.0 Å². The first kappa shape index (κ1) is 44.0. The Morgan fingerprint density at radius 3 is 1.30 bits per heavy atom. The van der Waals surface area contributed by atoms with Crippen LogP contribution in [-0.2, 0) is 19.0 Å². The highest BCUT2D eigenvalue weighted by Crippen LogP contribution is 1.89. The lowest BCUT2D eigenvalue weighted by Gasteiger charge is -2.08. The van der Waals surface area contributed by atoms with Gasteiger partial charge in [-0.05, 0) is 19.3 Å². The maximum atomic E-state index is 11.0. The third kappa shape index (κ3) is 40.1. The van der Waals surface area contributed by atoms with Gasteiger partial charge in [0.2, 0.25) is 6.08 Å². The minimum Gasteiger partial charge on any atom is -0.450 e. The van der Waals surface area contributed by atoms with Crippen LogP contribution in [0.5, 0.6) is 0 Å². The summed E-state index contributed by atoms with van der Waals surface area (Å²) in [5.41, 5.74) is 0. The molecule has 0 atom stereocenters. The summed E-state index contributed by atoms with van der Waals surface area (Å²) >= 11 is 0. The molecule has 0 aromatic rings. The summed E-state index contributed by atoms with van der Waals surface area (Å²) in [7, 11) is 0. The zero-order valence-electron chi connectivity index (χ0n) is 17.6. The first-order valence-corrected chi connectivity index (χ1v) is 9.77. The Morgan fingerprint density at radius 2 is 1.00 bits per heavy atom. The van der Waals surface area contributed by atoms with Gasteiger partial charge in [0.25, 0.3) is 0 Å². The van der Waals surface area contributed by atoms with E-state index in [2.05, 4.69) is 25.7 Å². The first-order chi connectivity index (χ1) is 14.0. The largest absolute Gasteiger partial charge is 0.450 e. The van der Waals surface area contributed by atoms with Crippen LogP contribution in [0, 0.1) is 0 Å². The van der Waals surface area contributed by atoms with E-state index in [0.29, 0.717) is 19.8 Å². The number of alkyl carbamates (subject to hydrolysis) is 3. The van der Waals surface area contributed by atoms with Crippen molar-refractivity contribution in [2.75, 3.05) is 33.2 Å². The number of carbonyl (C=O) groups excluding carboxylic acids is 4. The molecule has 0 aromatic carbocycles. The van der Waals surface area contributed by atoms with Crippen LogP contribution in [0.2, 0.25) is 0 Å². The molecule has 0 rings (SSSR count). The van der Waals surface area contributed by atoms with E-state index in [4.69, 9.17) is 9.47 Å². The molecule has 0 radical (unpaired) electrons. The summed E-state index contributed by atoms with van der Waals surface area (Å²) < 4.78 is 14.3. The summed E-state index contributed by atoms with van der Waals surface area (Å²) in [6, 6.07) is 0. The summed E-state index contributed by atoms with van der Waals surface area (Å²) in [6.07, 6.45) is 5.08. The number of ether oxygens (including phenoxy) is 3. The second-order valence-corrected chi connectivity index (χ2v) is 5.58. The number of isocyanates is 1. The zero-order valence-corrected chi connectivity index (χ0v) is 17.6. The third-order valence-corrected chi connectivity index (χ3v) is 3.03. The van der Waals surface area contributed by atoms with Crippen molar-refractivity contribution >= 4 is 24.4 Å². The van der Waals surface area contributed by atoms with Crippen LogP contribution >= 0.6 is 0 Å². The number of hydrogen-bond acceptors (Lipinski definition) is 8. The van der Waals surface area contributed by atoms with Crippen molar-refractivity contribution in [3.63, 3.8) is 0 Å². The van der Waals surface area contributed by atoms with Crippen LogP contribution in [0.1, 0.15) is 89.0 Å². The van der Waals surface area contributed by atoms with Crippen LogP contribution in [-0.4, -0.2) is 57.5 Å². The molecule has 11 heteroatoms. The molecule has 0 heterocycles. The van der Waals surface area contributed by atoms with E-state index in [0.717, 1.165) is 38.5 Å². The van der Waals surface area contributed by atoms with Gasteiger partial charge in [-0.25, -0.2) is 19.2 Å². The smallest absolute Gasteiger partial charge is 0.408 e. The van der Waals surface area contributed by atoms with E-state index in [-0.39, 0.29) is 43.0 Å². The minimum atomic E-state index is -0.553. The quantitative estimate of drug-likeness (QED) is 0.105. The van der Waals surface area contributed by atoms with Crippen molar-refractivity contribution < 1.29 is 33.4 Å². The number of nitrogens with zero attached hydrogens (tertiary/aromatic N) is 1. The van der Waals surface area contributed by atoms with E-state index in [9.17, 15) is 19.2 Å². The predicted molar refractivity (Wildman–Crippen MR) is 133 cm³/mol. The summed E-state index contributed by atoms with van der Waals surface area (Å²) in [6.45, 7) is 7.13. The van der Waals surface area contributed by atoms with E-state index in [1.807, 2.05) is 20.8 Å². The molecule has 33 heavy (non-hydrogen) atoms. The van der Waals surface area contributed by atoms with Gasteiger partial charge in [0.1, 0.15) is 6.67 Å². The van der Waals surface area contributed by atoms with Crippen molar-refractivity contribution in [3.8, 4) is 0 Å². The lowest BCUT2D eigenvalue weighted by atomic mass is 10.4. The molecule has 0 aliphatic carbocycles. The van der Waals surface area contributed by atoms with E-state index >= 15 is 0 Å². The van der Waals surface area contributed by atoms with Gasteiger partial charge < -0.3 is 30.2 Å². The minimum absolute atomic E-state index is 0. The monoisotopic (exact) mass is 482 g/mol. The summed E-state index contributed by atoms with van der Waals surface area (Å²) in [5, 5.41) is 7.03. The average Bonchev–Trinajstić information content (AvgIpc) is 2.69. The van der Waals surface area contributed by atoms with Gasteiger partial charge in [-0.3, -0.25) is 0 Å². The first-order valence-electron chi connectivity index (χ1n) is 9.77. The highest BCUT2D eigenvalue weighted by molar-refractivity contribution is 5.70. The number of unbranched alkanes of at least 4 members (excludes halogenated alkanes) is 3. The normalized spacial score (nSPS) is 7.97. The van der Waals surface area contributed by atoms with Crippen molar-refractivity contribution in [1.29, 1.82) is 0 Å². The molecule has 0 saturated carbocycles. The van der Waals surface area contributed by atoms with Crippen molar-refractivity contribution in [3.05, 3.63) is 0 Å². The van der Waals surface area contributed by atoms with Crippen LogP contribution < -0.4 is 16.0 Å². The fourth-order valence-corrected chi connectivity index (χ4v) is 1.41. The number of aliphatic imine (C=N–C) groups is 1. The molecular weight excluding hydrogens is 432 g/mol. The summed E-state index contributed by atoms with van der Waals surface area (Å²) in [4.78, 5) is 45.4. The Morgan fingerprint density at radius 1 is 0.667 bits per heavy atom. The number of rotatable bonds is 13. The van der Waals surface area contributed by atoms with E-state index in [1.54, 1.807) is 0 Å². The lowest BCUT2D eigenvalue weighted by molar-refractivity contribution is 0.136. The molecule has 0 spiro atoms. The van der Waals surface area contributed by atoms with Crippen LogP contribution in [0.3, 0.4) is 0 Å². The third-order valence-electron chi connectivity index (χ3n) is 3.03. The Kier molecular flexibility index (Phi) is 48.7. The standard InChI is InChI=1S/C11H22N2O4.C7H12N2O3.4CH4/c1-3-5-7-16-10(14)12-9-13-11(15)17-8-6-4-2;1-2-3-4-12-7(11)9-5-8-6-10;;;;/h3-9H2,1-2H3,(H,12,14)(H,13,15);2-5H2,1H3,(H,9,11);4*1H4. The fourth-order valence-electron chi connectivity index (χ4n) is 1.41. The molecule has 3 N–H and O–H groups in total. The van der Waals surface area contributed by atoms with Gasteiger partial charge in [-0.15, -0.1) is 0 Å². The molecular formula is C22H50N4O7. The molecule has 3 amide bonds. The Balaban J connectivity index is -0.000000103. The van der Waals surface area contributed by atoms with Crippen LogP contribution in [0.15, 0.2) is 4.99 Å². The SMILES string of the molecule is C.C.C.C.CCCCOC(=O)NCN=C=O.CCCCOC(=O)NCNC(=O)OCCCC. The fraction of sp³-hybridized carbons (Fsp3) is 0.818. The van der Waals surface area contributed by atoms with Gasteiger partial charge >= 0.3 is 18.3 Å². The van der Waals surface area contributed by atoms with Gasteiger partial charge in [0.05, 0.1) is 26.5 Å². The van der Waals surface area contributed by atoms with E-state index in [1.165, 1.54) is 6.08 Å². The highest BCUT2D eigenvalue weighted by Gasteiger charge is 2.03. The topological polar surface area (TPSA) is 144 Å². The molecule has 0 fully saturated rings. The number of hydrogen-bond donors (Lipinski definition) is 3. The average molecular weight is 483 g/mol. The maximum Gasteiger partial charge on any atom is 0.408 e. The molecule has 0 aromatic heterocycles. The van der Waals surface area contributed by atoms with Crippen LogP contribution in [0.25, 0.3) is 0 Å². The number of nitrogens with one attached hydrogen (secondary N) is 3. The lowest BCUT2D eigenvalue weighted by Crippen LogP contribution is -2.38. The van der Waals surface area contributed by atoms with Gasteiger partial charge in [-0.1, -0.05) is 69.7 Å². The Bertz CT molecular complexity index is 463. The molecule has 0 unspecified atom stereocenters. The van der Waals surface area contributed by atoms with Gasteiger partial charge in [0, 0.05) is 0 Å². The Labute approximate surface area is 201 Å². The van der Waals surface area contributed by atoms with E-state index < -0.39 is 18.3 Å². The molecule has 11 nitrogen and oxygen atoms in total. The number of amides is 3. The predicted octanol–water partition coefficient (Wildman–Crippen LogP) is 5.35.